The molecular weight excluding hydrogens is 350 g/mol. The molecule has 0 radical (unpaired) electrons. The molecule has 3 fully saturated rings. The molecule has 1 unspecified atom stereocenters. The van der Waals surface area contributed by atoms with Gasteiger partial charge < -0.3 is 5.32 Å². The summed E-state index contributed by atoms with van der Waals surface area (Å²) in [6, 6.07) is 10.6. The third-order valence-electron chi connectivity index (χ3n) is 6.23. The van der Waals surface area contributed by atoms with E-state index < -0.39 is 0 Å². The van der Waals surface area contributed by atoms with E-state index in [0.29, 0.717) is 18.5 Å². The van der Waals surface area contributed by atoms with Crippen molar-refractivity contribution in [1.29, 1.82) is 0 Å². The Labute approximate surface area is 167 Å². The molecule has 3 aliphatic heterocycles. The Morgan fingerprint density at radius 1 is 1.25 bits per heavy atom. The van der Waals surface area contributed by atoms with E-state index in [1.54, 1.807) is 0 Å². The molecule has 1 N–H and O–H groups in total. The molecule has 1 aromatic carbocycles. The highest BCUT2D eigenvalue weighted by molar-refractivity contribution is 5.79. The molecule has 1 amide bonds. The zero-order valence-corrected chi connectivity index (χ0v) is 17.1. The fourth-order valence-corrected chi connectivity index (χ4v) is 4.49. The first-order valence-electron chi connectivity index (χ1n) is 10.4. The molecule has 0 aliphatic carbocycles. The maximum atomic E-state index is 12.8. The molecular formula is C22H31N5O. The summed E-state index contributed by atoms with van der Waals surface area (Å²) < 4.78 is 1.98. The quantitative estimate of drug-likeness (QED) is 0.865. The number of nitrogens with one attached hydrogen (secondary N) is 1. The zero-order valence-electron chi connectivity index (χ0n) is 17.1. The van der Waals surface area contributed by atoms with Crippen LogP contribution in [0.25, 0.3) is 0 Å². The molecule has 6 nitrogen and oxygen atoms in total. The van der Waals surface area contributed by atoms with Crippen LogP contribution in [0.5, 0.6) is 0 Å². The minimum Gasteiger partial charge on any atom is -0.352 e. The second-order valence-corrected chi connectivity index (χ2v) is 9.32. The van der Waals surface area contributed by atoms with Crippen LogP contribution in [0.4, 0.5) is 0 Å². The Bertz CT molecular complexity index is 810. The average molecular weight is 382 g/mol. The first-order valence-corrected chi connectivity index (χ1v) is 10.4. The lowest BCUT2D eigenvalue weighted by Crippen LogP contribution is -2.58. The van der Waals surface area contributed by atoms with Crippen molar-refractivity contribution in [2.45, 2.75) is 58.2 Å². The smallest absolute Gasteiger partial charge is 0.224 e. The lowest BCUT2D eigenvalue weighted by atomic mass is 9.75. The molecule has 4 heterocycles. The summed E-state index contributed by atoms with van der Waals surface area (Å²) in [6.07, 6.45) is 4.26. The van der Waals surface area contributed by atoms with Crippen molar-refractivity contribution in [2.75, 3.05) is 13.1 Å². The van der Waals surface area contributed by atoms with Crippen molar-refractivity contribution in [3.63, 3.8) is 0 Å². The molecule has 0 saturated carbocycles. The molecule has 5 rings (SSSR count). The number of hydrogen-bond donors (Lipinski definition) is 1. The van der Waals surface area contributed by atoms with E-state index in [4.69, 9.17) is 0 Å². The molecule has 4 atom stereocenters. The first kappa shape index (κ1) is 19.1. The van der Waals surface area contributed by atoms with Crippen LogP contribution in [-0.2, 0) is 23.3 Å². The van der Waals surface area contributed by atoms with Gasteiger partial charge in [0, 0.05) is 30.7 Å². The van der Waals surface area contributed by atoms with Gasteiger partial charge in [-0.25, -0.2) is 0 Å². The predicted molar refractivity (Wildman–Crippen MR) is 109 cm³/mol. The van der Waals surface area contributed by atoms with E-state index in [2.05, 4.69) is 59.6 Å². The van der Waals surface area contributed by atoms with Crippen molar-refractivity contribution in [3.8, 4) is 0 Å². The minimum atomic E-state index is 0.0199. The molecule has 150 valence electrons. The SMILES string of the molecule is CC(C)(C)c1cn(C[C@H]2C[C@H]3CCN2C[C@@H]3C(=O)NCc2ccccc2)nn1. The third kappa shape index (κ3) is 4.12. The summed E-state index contributed by atoms with van der Waals surface area (Å²) in [7, 11) is 0. The number of rotatable bonds is 5. The highest BCUT2D eigenvalue weighted by Gasteiger charge is 2.43. The van der Waals surface area contributed by atoms with E-state index in [0.717, 1.165) is 43.7 Å². The van der Waals surface area contributed by atoms with Gasteiger partial charge in [0.15, 0.2) is 0 Å². The number of benzene rings is 1. The summed E-state index contributed by atoms with van der Waals surface area (Å²) in [5.74, 6) is 0.777. The standard InChI is InChI=1S/C22H31N5O/c1-22(2,3)20-15-27(25-24-20)13-18-11-17-9-10-26(18)14-19(17)21(28)23-12-16-7-5-4-6-8-16/h4-8,15,17-19H,9-14H2,1-3H3,(H,23,28)/t17-,18-,19+/m1/s1. The van der Waals surface area contributed by atoms with Crippen molar-refractivity contribution < 1.29 is 4.79 Å². The Kier molecular flexibility index (Phi) is 5.23. The van der Waals surface area contributed by atoms with E-state index in [1.165, 1.54) is 0 Å². The van der Waals surface area contributed by atoms with Crippen LogP contribution < -0.4 is 5.32 Å². The summed E-state index contributed by atoms with van der Waals surface area (Å²) >= 11 is 0. The normalized spacial score (nSPS) is 27.0. The van der Waals surface area contributed by atoms with Gasteiger partial charge >= 0.3 is 0 Å². The van der Waals surface area contributed by atoms with Crippen LogP contribution in [0, 0.1) is 11.8 Å². The van der Waals surface area contributed by atoms with Gasteiger partial charge in [0.2, 0.25) is 5.91 Å². The van der Waals surface area contributed by atoms with Crippen LogP contribution in [0.2, 0.25) is 0 Å². The Hall–Kier alpha value is -2.21. The number of carbonyl (C=O) groups is 1. The van der Waals surface area contributed by atoms with Crippen LogP contribution in [0.15, 0.2) is 36.5 Å². The van der Waals surface area contributed by atoms with Crippen molar-refractivity contribution in [2.24, 2.45) is 11.8 Å². The van der Waals surface area contributed by atoms with Crippen LogP contribution in [0.1, 0.15) is 44.9 Å². The van der Waals surface area contributed by atoms with E-state index >= 15 is 0 Å². The van der Waals surface area contributed by atoms with Gasteiger partial charge in [-0.05, 0) is 30.9 Å². The number of nitrogens with zero attached hydrogens (tertiary/aromatic N) is 4. The highest BCUT2D eigenvalue weighted by atomic mass is 16.1. The van der Waals surface area contributed by atoms with Gasteiger partial charge in [-0.1, -0.05) is 56.3 Å². The molecule has 2 bridgehead atoms. The molecule has 2 aromatic rings. The van der Waals surface area contributed by atoms with Gasteiger partial charge in [-0.3, -0.25) is 14.4 Å². The minimum absolute atomic E-state index is 0.0199. The fraction of sp³-hybridized carbons (Fsp3) is 0.591. The second-order valence-electron chi connectivity index (χ2n) is 9.32. The van der Waals surface area contributed by atoms with Crippen molar-refractivity contribution in [3.05, 3.63) is 47.8 Å². The molecule has 0 spiro atoms. The number of carbonyl (C=O) groups excluding carboxylic acids is 1. The summed E-state index contributed by atoms with van der Waals surface area (Å²) in [6.45, 7) is 9.89. The molecule has 1 aromatic heterocycles. The topological polar surface area (TPSA) is 63.1 Å². The largest absolute Gasteiger partial charge is 0.352 e. The first-order chi connectivity index (χ1) is 13.4. The van der Waals surface area contributed by atoms with Gasteiger partial charge in [-0.15, -0.1) is 5.10 Å². The zero-order chi connectivity index (χ0) is 19.7. The summed E-state index contributed by atoms with van der Waals surface area (Å²) in [5.41, 5.74) is 2.20. The van der Waals surface area contributed by atoms with Gasteiger partial charge in [0.25, 0.3) is 0 Å². The number of hydrogen-bond acceptors (Lipinski definition) is 4. The lowest BCUT2D eigenvalue weighted by Gasteiger charge is -2.49. The van der Waals surface area contributed by atoms with Crippen LogP contribution in [0.3, 0.4) is 0 Å². The van der Waals surface area contributed by atoms with Crippen LogP contribution >= 0.6 is 0 Å². The summed E-state index contributed by atoms with van der Waals surface area (Å²) in [5, 5.41) is 11.8. The molecule has 3 aliphatic rings. The maximum absolute atomic E-state index is 12.8. The highest BCUT2D eigenvalue weighted by Crippen LogP contribution is 2.37. The maximum Gasteiger partial charge on any atom is 0.224 e. The van der Waals surface area contributed by atoms with E-state index in [1.807, 2.05) is 22.9 Å². The van der Waals surface area contributed by atoms with Gasteiger partial charge in [0.05, 0.1) is 18.2 Å². The molecule has 28 heavy (non-hydrogen) atoms. The Morgan fingerprint density at radius 2 is 2.04 bits per heavy atom. The number of fused-ring (bicyclic) bond motifs is 3. The van der Waals surface area contributed by atoms with Crippen molar-refractivity contribution in [1.82, 2.24) is 25.2 Å². The number of piperidine rings is 3. The van der Waals surface area contributed by atoms with Gasteiger partial charge in [-0.2, -0.15) is 0 Å². The molecule has 6 heteroatoms. The average Bonchev–Trinajstić information content (AvgIpc) is 3.16. The summed E-state index contributed by atoms with van der Waals surface area (Å²) in [4.78, 5) is 15.3. The Balaban J connectivity index is 1.34. The predicted octanol–water partition coefficient (Wildman–Crippen LogP) is 2.60. The van der Waals surface area contributed by atoms with Gasteiger partial charge in [0.1, 0.15) is 0 Å². The fourth-order valence-electron chi connectivity index (χ4n) is 4.49. The lowest BCUT2D eigenvalue weighted by molar-refractivity contribution is -0.133. The van der Waals surface area contributed by atoms with E-state index in [-0.39, 0.29) is 17.2 Å². The Morgan fingerprint density at radius 3 is 2.68 bits per heavy atom. The number of amides is 1. The monoisotopic (exact) mass is 381 g/mol. The third-order valence-corrected chi connectivity index (χ3v) is 6.23. The second kappa shape index (κ2) is 7.66. The molecule has 3 saturated heterocycles. The van der Waals surface area contributed by atoms with Crippen LogP contribution in [-0.4, -0.2) is 44.9 Å². The van der Waals surface area contributed by atoms with Crippen molar-refractivity contribution >= 4 is 5.91 Å². The van der Waals surface area contributed by atoms with E-state index in [9.17, 15) is 4.79 Å². The number of aromatic nitrogens is 3.